The maximum Gasteiger partial charge on any atom is 0.182 e. The van der Waals surface area contributed by atoms with Crippen molar-refractivity contribution >= 4 is 0 Å². The maximum atomic E-state index is 9.43. The molecule has 11 heavy (non-hydrogen) atoms. The average Bonchev–Trinajstić information content (AvgIpc) is 2.03. The standard InChI is InChI=1S/C9H19NO/c1-4-7-8-9(11)10(5-2)6-3/h8,11H,4-7H2,1-3H3. The fourth-order valence-corrected chi connectivity index (χ4v) is 0.950. The fraction of sp³-hybridized carbons (Fsp3) is 0.778. The molecule has 2 nitrogen and oxygen atoms in total. The van der Waals surface area contributed by atoms with E-state index < -0.39 is 0 Å². The van der Waals surface area contributed by atoms with Gasteiger partial charge in [-0.05, 0) is 26.3 Å². The van der Waals surface area contributed by atoms with Crippen LogP contribution in [0.5, 0.6) is 0 Å². The van der Waals surface area contributed by atoms with Gasteiger partial charge in [-0.25, -0.2) is 0 Å². The van der Waals surface area contributed by atoms with Gasteiger partial charge in [0.2, 0.25) is 0 Å². The molecule has 0 aliphatic carbocycles. The van der Waals surface area contributed by atoms with Crippen LogP contribution in [0.25, 0.3) is 0 Å². The molecule has 0 rings (SSSR count). The van der Waals surface area contributed by atoms with E-state index in [1.165, 1.54) is 0 Å². The summed E-state index contributed by atoms with van der Waals surface area (Å²) in [5, 5.41) is 9.43. The Balaban J connectivity index is 3.85. The Hall–Kier alpha value is -0.660. The average molecular weight is 157 g/mol. The molecule has 0 radical (unpaired) electrons. The van der Waals surface area contributed by atoms with Crippen LogP contribution in [0, 0.1) is 0 Å². The highest BCUT2D eigenvalue weighted by Crippen LogP contribution is 2.01. The molecule has 0 spiro atoms. The number of allylic oxidation sites excluding steroid dienone is 1. The van der Waals surface area contributed by atoms with Crippen molar-refractivity contribution in [2.75, 3.05) is 13.1 Å². The first-order valence-corrected chi connectivity index (χ1v) is 4.40. The van der Waals surface area contributed by atoms with Gasteiger partial charge in [-0.1, -0.05) is 13.3 Å². The number of unbranched alkanes of at least 4 members (excludes halogenated alkanes) is 1. The number of aliphatic hydroxyl groups is 1. The second kappa shape index (κ2) is 6.08. The van der Waals surface area contributed by atoms with Gasteiger partial charge < -0.3 is 10.0 Å². The molecule has 1 N–H and O–H groups in total. The van der Waals surface area contributed by atoms with Crippen LogP contribution in [0.15, 0.2) is 12.0 Å². The third-order valence-corrected chi connectivity index (χ3v) is 1.70. The number of rotatable bonds is 5. The Labute approximate surface area is 69.5 Å². The van der Waals surface area contributed by atoms with Crippen LogP contribution < -0.4 is 0 Å². The molecule has 0 heterocycles. The first-order valence-electron chi connectivity index (χ1n) is 4.40. The zero-order valence-corrected chi connectivity index (χ0v) is 7.80. The molecule has 0 saturated heterocycles. The van der Waals surface area contributed by atoms with E-state index in [4.69, 9.17) is 0 Å². The molecule has 0 aliphatic heterocycles. The minimum Gasteiger partial charge on any atom is -0.495 e. The second-order valence-electron chi connectivity index (χ2n) is 2.52. The number of aliphatic hydroxyl groups excluding tert-OH is 1. The number of hydrogen-bond acceptors (Lipinski definition) is 2. The molecule has 0 saturated carbocycles. The van der Waals surface area contributed by atoms with E-state index in [-0.39, 0.29) is 0 Å². The van der Waals surface area contributed by atoms with Gasteiger partial charge in [0.05, 0.1) is 0 Å². The monoisotopic (exact) mass is 157 g/mol. The minimum absolute atomic E-state index is 0.428. The van der Waals surface area contributed by atoms with Gasteiger partial charge in [0, 0.05) is 13.1 Å². The van der Waals surface area contributed by atoms with E-state index in [1.54, 1.807) is 0 Å². The van der Waals surface area contributed by atoms with E-state index in [0.717, 1.165) is 25.9 Å². The lowest BCUT2D eigenvalue weighted by Gasteiger charge is -2.19. The van der Waals surface area contributed by atoms with Gasteiger partial charge in [0.1, 0.15) is 0 Å². The molecule has 0 aromatic rings. The quantitative estimate of drug-likeness (QED) is 0.620. The summed E-state index contributed by atoms with van der Waals surface area (Å²) in [6.07, 6.45) is 3.93. The third kappa shape index (κ3) is 3.91. The van der Waals surface area contributed by atoms with Crippen LogP contribution >= 0.6 is 0 Å². The highest BCUT2D eigenvalue weighted by Gasteiger charge is 2.00. The molecule has 0 atom stereocenters. The van der Waals surface area contributed by atoms with Crippen molar-refractivity contribution in [2.24, 2.45) is 0 Å². The van der Waals surface area contributed by atoms with E-state index >= 15 is 0 Å². The lowest BCUT2D eigenvalue weighted by Crippen LogP contribution is -2.21. The SMILES string of the molecule is CCCC=C(O)N(CC)CC. The summed E-state index contributed by atoms with van der Waals surface area (Å²) in [4.78, 5) is 1.94. The Morgan fingerprint density at radius 1 is 1.27 bits per heavy atom. The second-order valence-corrected chi connectivity index (χ2v) is 2.52. The van der Waals surface area contributed by atoms with Crippen LogP contribution in [-0.2, 0) is 0 Å². The summed E-state index contributed by atoms with van der Waals surface area (Å²) in [5.41, 5.74) is 0. The smallest absolute Gasteiger partial charge is 0.182 e. The van der Waals surface area contributed by atoms with Crippen molar-refractivity contribution in [1.29, 1.82) is 0 Å². The van der Waals surface area contributed by atoms with Gasteiger partial charge in [0.15, 0.2) is 5.88 Å². The van der Waals surface area contributed by atoms with E-state index in [0.29, 0.717) is 5.88 Å². The zero-order chi connectivity index (χ0) is 8.69. The maximum absolute atomic E-state index is 9.43. The van der Waals surface area contributed by atoms with Crippen molar-refractivity contribution in [3.8, 4) is 0 Å². The van der Waals surface area contributed by atoms with Crippen LogP contribution in [0.4, 0.5) is 0 Å². The lowest BCUT2D eigenvalue weighted by molar-refractivity contribution is 0.214. The van der Waals surface area contributed by atoms with Gasteiger partial charge >= 0.3 is 0 Å². The summed E-state index contributed by atoms with van der Waals surface area (Å²) in [5.74, 6) is 0.428. The molecular weight excluding hydrogens is 138 g/mol. The minimum atomic E-state index is 0.428. The van der Waals surface area contributed by atoms with Gasteiger partial charge in [0.25, 0.3) is 0 Å². The fourth-order valence-electron chi connectivity index (χ4n) is 0.950. The molecule has 0 fully saturated rings. The summed E-state index contributed by atoms with van der Waals surface area (Å²) < 4.78 is 0. The van der Waals surface area contributed by atoms with Gasteiger partial charge in [-0.2, -0.15) is 0 Å². The number of nitrogens with zero attached hydrogens (tertiary/aromatic N) is 1. The summed E-state index contributed by atoms with van der Waals surface area (Å²) >= 11 is 0. The van der Waals surface area contributed by atoms with Crippen molar-refractivity contribution < 1.29 is 5.11 Å². The van der Waals surface area contributed by atoms with Crippen molar-refractivity contribution in [1.82, 2.24) is 4.90 Å². The Bertz CT molecular complexity index is 117. The summed E-state index contributed by atoms with van der Waals surface area (Å²) in [6, 6.07) is 0. The molecule has 0 amide bonds. The number of hydrogen-bond donors (Lipinski definition) is 1. The molecule has 0 unspecified atom stereocenters. The van der Waals surface area contributed by atoms with Gasteiger partial charge in [-0.3, -0.25) is 0 Å². The van der Waals surface area contributed by atoms with E-state index in [1.807, 2.05) is 24.8 Å². The molecule has 0 aromatic carbocycles. The molecule has 2 heteroatoms. The molecule has 66 valence electrons. The molecular formula is C9H19NO. The summed E-state index contributed by atoms with van der Waals surface area (Å²) in [7, 11) is 0. The Kier molecular flexibility index (Phi) is 5.71. The molecule has 0 aromatic heterocycles. The predicted molar refractivity (Wildman–Crippen MR) is 48.5 cm³/mol. The van der Waals surface area contributed by atoms with Crippen LogP contribution in [0.3, 0.4) is 0 Å². The topological polar surface area (TPSA) is 23.5 Å². The largest absolute Gasteiger partial charge is 0.495 e. The first kappa shape index (κ1) is 10.3. The highest BCUT2D eigenvalue weighted by molar-refractivity contribution is 4.89. The van der Waals surface area contributed by atoms with E-state index in [2.05, 4.69) is 6.92 Å². The van der Waals surface area contributed by atoms with Gasteiger partial charge in [-0.15, -0.1) is 0 Å². The van der Waals surface area contributed by atoms with Crippen LogP contribution in [0.2, 0.25) is 0 Å². The third-order valence-electron chi connectivity index (χ3n) is 1.70. The first-order chi connectivity index (χ1) is 5.26. The highest BCUT2D eigenvalue weighted by atomic mass is 16.3. The normalized spacial score (nSPS) is 11.7. The van der Waals surface area contributed by atoms with Crippen LogP contribution in [0.1, 0.15) is 33.6 Å². The Morgan fingerprint density at radius 3 is 2.18 bits per heavy atom. The predicted octanol–water partition coefficient (Wildman–Crippen LogP) is 2.53. The van der Waals surface area contributed by atoms with Crippen molar-refractivity contribution in [3.05, 3.63) is 12.0 Å². The molecule has 0 aliphatic rings. The Morgan fingerprint density at radius 2 is 1.82 bits per heavy atom. The van der Waals surface area contributed by atoms with Crippen LogP contribution in [-0.4, -0.2) is 23.1 Å². The van der Waals surface area contributed by atoms with Crippen molar-refractivity contribution in [3.63, 3.8) is 0 Å². The zero-order valence-electron chi connectivity index (χ0n) is 7.80. The van der Waals surface area contributed by atoms with E-state index in [9.17, 15) is 5.11 Å². The van der Waals surface area contributed by atoms with Crippen molar-refractivity contribution in [2.45, 2.75) is 33.6 Å². The molecule has 0 bridgehead atoms. The lowest BCUT2D eigenvalue weighted by atomic mass is 10.3. The summed E-state index contributed by atoms with van der Waals surface area (Å²) in [6.45, 7) is 7.94.